The molecule has 288 valence electrons. The first kappa shape index (κ1) is 34.4. The van der Waals surface area contributed by atoms with E-state index in [1.807, 2.05) is 50.2 Å². The Morgan fingerprint density at radius 1 is 0.424 bits per heavy atom. The Kier molecular flexibility index (Phi) is 6.90. The lowest BCUT2D eigenvalue weighted by Gasteiger charge is -2.18. The number of rotatable bonds is 5. The van der Waals surface area contributed by atoms with Gasteiger partial charge in [0.2, 0.25) is 0 Å². The Bertz CT molecular complexity index is 3920. The molecule has 59 heavy (non-hydrogen) atoms. The zero-order valence-electron chi connectivity index (χ0n) is 31.9. The standard InChI is InChI=1S/C47H28O12/c1-18-19(2)27-15-21(29-17-31-37-35-25(45(50)59-43(37)39(29)55-5)11-13-33(53-3)41(35)57-47(31)52)7-9-23(27)22-8-6-20(14-26(18)22)28-16-30-36-34-24(44(49)58-42(36)38(28)54-4)10-12-32(48)40(34)56-46(30)51/h6-17,48H,1-5H3. The van der Waals surface area contributed by atoms with Gasteiger partial charge in [-0.3, -0.25) is 0 Å². The van der Waals surface area contributed by atoms with Crippen LogP contribution >= 0.6 is 0 Å². The lowest BCUT2D eigenvalue weighted by atomic mass is 9.88. The minimum atomic E-state index is -0.706. The summed E-state index contributed by atoms with van der Waals surface area (Å²) in [7, 11) is 4.41. The number of aryl methyl sites for hydroxylation is 2. The fourth-order valence-corrected chi connectivity index (χ4v) is 8.97. The van der Waals surface area contributed by atoms with Crippen LogP contribution in [0.3, 0.4) is 0 Å². The first-order valence-corrected chi connectivity index (χ1v) is 18.5. The van der Waals surface area contributed by atoms with E-state index in [1.54, 1.807) is 24.3 Å². The Morgan fingerprint density at radius 3 is 1.32 bits per heavy atom. The summed E-state index contributed by atoms with van der Waals surface area (Å²) in [5.41, 5.74) is 2.04. The monoisotopic (exact) mass is 784 g/mol. The molecule has 0 aliphatic rings. The molecular formula is C47H28O12. The lowest BCUT2D eigenvalue weighted by molar-refractivity contribution is 0.406. The minimum Gasteiger partial charge on any atom is -0.504 e. The zero-order chi connectivity index (χ0) is 40.8. The molecule has 7 aromatic carbocycles. The van der Waals surface area contributed by atoms with Crippen molar-refractivity contribution in [1.82, 2.24) is 0 Å². The number of phenolic OH excluding ortho intramolecular Hbond substituents is 1. The molecule has 0 aliphatic heterocycles. The molecule has 0 amide bonds. The lowest BCUT2D eigenvalue weighted by Crippen LogP contribution is -2.08. The number of ether oxygens (including phenoxy) is 3. The zero-order valence-corrected chi connectivity index (χ0v) is 31.9. The highest BCUT2D eigenvalue weighted by Gasteiger charge is 2.27. The molecule has 11 rings (SSSR count). The molecule has 0 unspecified atom stereocenters. The second-order valence-corrected chi connectivity index (χ2v) is 14.6. The number of benzene rings is 7. The molecule has 0 saturated carbocycles. The average molecular weight is 785 g/mol. The second-order valence-electron chi connectivity index (χ2n) is 14.6. The summed E-state index contributed by atoms with van der Waals surface area (Å²) in [4.78, 5) is 53.5. The summed E-state index contributed by atoms with van der Waals surface area (Å²) in [5.74, 6) is 0.569. The van der Waals surface area contributed by atoms with Crippen LogP contribution in [0.5, 0.6) is 23.0 Å². The maximum atomic E-state index is 13.6. The van der Waals surface area contributed by atoms with Crippen molar-refractivity contribution in [1.29, 1.82) is 0 Å². The Labute approximate surface area is 329 Å². The SMILES string of the molecule is COc1ccc2c(=O)oc3c(OC)c(-c4ccc5c(c4)c(C)c(C)c4cc(-c6cc7c(=O)oc8c(O)ccc9c(=O)oc(c6OC)c7c89)ccc45)cc4c(=O)oc1c2c34. The molecular weight excluding hydrogens is 757 g/mol. The third-order valence-corrected chi connectivity index (χ3v) is 11.8. The summed E-state index contributed by atoms with van der Waals surface area (Å²) in [6.45, 7) is 4.05. The van der Waals surface area contributed by atoms with Gasteiger partial charge in [-0.25, -0.2) is 19.2 Å². The molecule has 12 nitrogen and oxygen atoms in total. The van der Waals surface area contributed by atoms with E-state index in [2.05, 4.69) is 0 Å². The van der Waals surface area contributed by atoms with Gasteiger partial charge in [0, 0.05) is 32.7 Å². The van der Waals surface area contributed by atoms with Crippen LogP contribution in [0.4, 0.5) is 0 Å². The minimum absolute atomic E-state index is 0.0687. The number of methoxy groups -OCH3 is 3. The molecule has 0 bridgehead atoms. The van der Waals surface area contributed by atoms with E-state index in [0.29, 0.717) is 44.2 Å². The van der Waals surface area contributed by atoms with Crippen molar-refractivity contribution in [3.05, 3.63) is 126 Å². The maximum absolute atomic E-state index is 13.6. The van der Waals surface area contributed by atoms with Gasteiger partial charge in [-0.2, -0.15) is 0 Å². The summed E-state index contributed by atoms with van der Waals surface area (Å²) in [6.07, 6.45) is 0. The topological polar surface area (TPSA) is 169 Å². The van der Waals surface area contributed by atoms with E-state index < -0.39 is 22.5 Å². The van der Waals surface area contributed by atoms with E-state index in [-0.39, 0.29) is 66.5 Å². The molecule has 0 radical (unpaired) electrons. The normalized spacial score (nSPS) is 12.2. The number of hydrogen-bond acceptors (Lipinski definition) is 12. The van der Waals surface area contributed by atoms with Gasteiger partial charge in [0.15, 0.2) is 45.3 Å². The van der Waals surface area contributed by atoms with E-state index in [1.165, 1.54) is 33.5 Å². The highest BCUT2D eigenvalue weighted by Crippen LogP contribution is 2.47. The van der Waals surface area contributed by atoms with Gasteiger partial charge in [0.1, 0.15) is 0 Å². The number of aromatic hydroxyl groups is 1. The van der Waals surface area contributed by atoms with Gasteiger partial charge >= 0.3 is 22.5 Å². The second kappa shape index (κ2) is 11.8. The molecule has 0 atom stereocenters. The molecule has 1 N–H and O–H groups in total. The molecule has 4 heterocycles. The van der Waals surface area contributed by atoms with Crippen LogP contribution in [-0.2, 0) is 0 Å². The first-order chi connectivity index (χ1) is 28.5. The van der Waals surface area contributed by atoms with E-state index in [4.69, 9.17) is 31.9 Å². The highest BCUT2D eigenvalue weighted by molar-refractivity contribution is 6.24. The van der Waals surface area contributed by atoms with Crippen LogP contribution in [-0.4, -0.2) is 26.4 Å². The first-order valence-electron chi connectivity index (χ1n) is 18.5. The molecule has 0 saturated heterocycles. The van der Waals surface area contributed by atoms with Crippen LogP contribution in [0.25, 0.3) is 109 Å². The van der Waals surface area contributed by atoms with Crippen molar-refractivity contribution in [3.63, 3.8) is 0 Å². The molecule has 0 aliphatic carbocycles. The van der Waals surface area contributed by atoms with Crippen LogP contribution in [0.2, 0.25) is 0 Å². The Morgan fingerprint density at radius 2 is 0.831 bits per heavy atom. The van der Waals surface area contributed by atoms with Gasteiger partial charge in [-0.1, -0.05) is 24.3 Å². The Hall–Kier alpha value is -7.86. The molecule has 4 aromatic heterocycles. The third-order valence-electron chi connectivity index (χ3n) is 11.8. The Balaban J connectivity index is 1.12. The average Bonchev–Trinajstić information content (AvgIpc) is 3.24. The van der Waals surface area contributed by atoms with Crippen molar-refractivity contribution in [3.8, 4) is 45.3 Å². The molecule has 0 spiro atoms. The van der Waals surface area contributed by atoms with Crippen molar-refractivity contribution in [2.24, 2.45) is 0 Å². The van der Waals surface area contributed by atoms with Crippen molar-refractivity contribution < 1.29 is 37.0 Å². The summed E-state index contributed by atoms with van der Waals surface area (Å²) in [5, 5.41) is 16.5. The van der Waals surface area contributed by atoms with Crippen LogP contribution in [0.1, 0.15) is 11.1 Å². The smallest absolute Gasteiger partial charge is 0.344 e. The molecule has 0 fully saturated rings. The van der Waals surface area contributed by atoms with E-state index in [9.17, 15) is 24.3 Å². The van der Waals surface area contributed by atoms with Crippen molar-refractivity contribution >= 4 is 87.0 Å². The molecule has 11 aromatic rings. The molecule has 12 heteroatoms. The van der Waals surface area contributed by atoms with E-state index in [0.717, 1.165) is 32.7 Å². The van der Waals surface area contributed by atoms with Crippen molar-refractivity contribution in [2.45, 2.75) is 13.8 Å². The largest absolute Gasteiger partial charge is 0.504 e. The predicted octanol–water partition coefficient (Wildman–Crippen LogP) is 9.28. The fourth-order valence-electron chi connectivity index (χ4n) is 8.97. The third kappa shape index (κ3) is 4.42. The number of phenols is 1. The number of fused-ring (bicyclic) bond motifs is 3. The van der Waals surface area contributed by atoms with Gasteiger partial charge < -0.3 is 37.0 Å². The van der Waals surface area contributed by atoms with Gasteiger partial charge in [-0.15, -0.1) is 0 Å². The van der Waals surface area contributed by atoms with Gasteiger partial charge in [-0.05, 0) is 106 Å². The quantitative estimate of drug-likeness (QED) is 0.130. The van der Waals surface area contributed by atoms with Crippen molar-refractivity contribution in [2.75, 3.05) is 21.3 Å². The highest BCUT2D eigenvalue weighted by atomic mass is 16.5. The summed E-state index contributed by atoms with van der Waals surface area (Å²) >= 11 is 0. The van der Waals surface area contributed by atoms with Gasteiger partial charge in [0.05, 0.1) is 42.9 Å². The predicted molar refractivity (Wildman–Crippen MR) is 225 cm³/mol. The van der Waals surface area contributed by atoms with Crippen LogP contribution < -0.4 is 36.7 Å². The van der Waals surface area contributed by atoms with E-state index >= 15 is 0 Å². The summed E-state index contributed by atoms with van der Waals surface area (Å²) < 4.78 is 40.3. The van der Waals surface area contributed by atoms with Crippen LogP contribution in [0, 0.1) is 13.8 Å². The number of hydrogen-bond donors (Lipinski definition) is 1. The fraction of sp³-hybridized carbons (Fsp3) is 0.106. The maximum Gasteiger partial charge on any atom is 0.344 e. The van der Waals surface area contributed by atoms with Gasteiger partial charge in [0.25, 0.3) is 0 Å². The summed E-state index contributed by atoms with van der Waals surface area (Å²) in [6, 6.07) is 21.1. The van der Waals surface area contributed by atoms with Crippen LogP contribution in [0.15, 0.2) is 110 Å².